The highest BCUT2D eigenvalue weighted by Gasteiger charge is 2.62. The van der Waals surface area contributed by atoms with Gasteiger partial charge in [-0.3, -0.25) is 4.68 Å². The first-order chi connectivity index (χ1) is 21.1. The smallest absolute Gasteiger partial charge is 0.435 e. The van der Waals surface area contributed by atoms with Gasteiger partial charge in [0.25, 0.3) is 10.0 Å². The molecule has 2 aromatic heterocycles. The van der Waals surface area contributed by atoms with Crippen LogP contribution in [0.1, 0.15) is 12.6 Å². The molecule has 3 heterocycles. The number of hydrogen-bond acceptors (Lipinski definition) is 8. The van der Waals surface area contributed by atoms with Crippen LogP contribution < -0.4 is 14.4 Å². The average molecular weight is 658 g/mol. The van der Waals surface area contributed by atoms with Crippen LogP contribution in [-0.2, 0) is 23.0 Å². The van der Waals surface area contributed by atoms with Crippen molar-refractivity contribution in [2.24, 2.45) is 7.05 Å². The minimum Gasteiger partial charge on any atom is -0.435 e. The molecule has 1 fully saturated rings. The van der Waals surface area contributed by atoms with E-state index in [1.807, 2.05) is 16.7 Å². The Labute approximate surface area is 255 Å². The number of benzene rings is 2. The van der Waals surface area contributed by atoms with Crippen molar-refractivity contribution in [3.63, 3.8) is 0 Å². The van der Waals surface area contributed by atoms with Crippen LogP contribution in [0.2, 0.25) is 0 Å². The van der Waals surface area contributed by atoms with Gasteiger partial charge in [-0.15, -0.1) is 0 Å². The summed E-state index contributed by atoms with van der Waals surface area (Å²) in [5.74, 6) is -9.70. The number of ether oxygens (including phenoxy) is 1. The van der Waals surface area contributed by atoms with Crippen LogP contribution in [0.15, 0.2) is 59.8 Å². The van der Waals surface area contributed by atoms with Gasteiger partial charge in [0, 0.05) is 58.2 Å². The fraction of sp³-hybridized carbons (Fsp3) is 0.321. The summed E-state index contributed by atoms with van der Waals surface area (Å²) in [4.78, 5) is 11.0. The molecule has 1 N–H and O–H groups in total. The second kappa shape index (κ2) is 11.8. The van der Waals surface area contributed by atoms with E-state index >= 15 is 13.2 Å². The third-order valence-corrected chi connectivity index (χ3v) is 8.44. The molecule has 0 saturated carbocycles. The van der Waals surface area contributed by atoms with Gasteiger partial charge in [0.05, 0.1) is 11.9 Å². The number of rotatable bonds is 8. The van der Waals surface area contributed by atoms with Crippen LogP contribution >= 0.6 is 0 Å². The Hall–Kier alpha value is -4.38. The monoisotopic (exact) mass is 657 g/mol. The summed E-state index contributed by atoms with van der Waals surface area (Å²) in [6.07, 6.45) is -4.07. The van der Waals surface area contributed by atoms with Crippen molar-refractivity contribution in [1.29, 1.82) is 0 Å². The predicted molar refractivity (Wildman–Crippen MR) is 154 cm³/mol. The van der Waals surface area contributed by atoms with Crippen molar-refractivity contribution in [3.05, 3.63) is 71.8 Å². The van der Waals surface area contributed by atoms with Gasteiger partial charge in [0.1, 0.15) is 10.5 Å². The molecule has 45 heavy (non-hydrogen) atoms. The molecule has 2 aromatic carbocycles. The lowest BCUT2D eigenvalue weighted by atomic mass is 9.98. The molecule has 5 rings (SSSR count). The fourth-order valence-corrected chi connectivity index (χ4v) is 5.60. The maximum absolute atomic E-state index is 15.4. The maximum Gasteiger partial charge on any atom is 0.458 e. The third kappa shape index (κ3) is 6.54. The number of aromatic nitrogens is 4. The minimum absolute atomic E-state index is 0. The predicted octanol–water partition coefficient (Wildman–Crippen LogP) is 5.57. The van der Waals surface area contributed by atoms with Crippen molar-refractivity contribution in [1.82, 2.24) is 24.6 Å². The summed E-state index contributed by atoms with van der Waals surface area (Å²) in [6.45, 7) is 3.84. The molecule has 242 valence electrons. The number of halogens is 6. The van der Waals surface area contributed by atoms with E-state index in [-0.39, 0.29) is 17.4 Å². The normalized spacial score (nSPS) is 14.9. The molecule has 17 heteroatoms. The van der Waals surface area contributed by atoms with Gasteiger partial charge in [0.2, 0.25) is 11.8 Å². The Kier molecular flexibility index (Phi) is 8.43. The molecular formula is C28H29F6N7O3S. The zero-order valence-electron chi connectivity index (χ0n) is 24.1. The van der Waals surface area contributed by atoms with Crippen LogP contribution in [0, 0.1) is 12.7 Å². The first-order valence-corrected chi connectivity index (χ1v) is 14.9. The lowest BCUT2D eigenvalue weighted by Crippen LogP contribution is -2.44. The molecule has 0 spiro atoms. The zero-order valence-corrected chi connectivity index (χ0v) is 24.9. The topological polar surface area (TPSA) is 105 Å². The molecule has 0 unspecified atom stereocenters. The summed E-state index contributed by atoms with van der Waals surface area (Å²) >= 11 is 0. The van der Waals surface area contributed by atoms with Crippen LogP contribution in [0.4, 0.5) is 38.0 Å². The largest absolute Gasteiger partial charge is 0.458 e. The van der Waals surface area contributed by atoms with Crippen molar-refractivity contribution >= 4 is 21.7 Å². The highest BCUT2D eigenvalue weighted by atomic mass is 32.2. The van der Waals surface area contributed by atoms with Crippen LogP contribution in [-0.4, -0.2) is 72.5 Å². The molecule has 0 radical (unpaired) electrons. The number of nitrogens with one attached hydrogen (secondary N) is 1. The van der Waals surface area contributed by atoms with Crippen LogP contribution in [0.25, 0.3) is 11.3 Å². The van der Waals surface area contributed by atoms with Gasteiger partial charge in [-0.2, -0.15) is 32.0 Å². The summed E-state index contributed by atoms with van der Waals surface area (Å²) < 4.78 is 123. The number of nitrogens with zero attached hydrogens (tertiary/aromatic N) is 6. The third-order valence-electron chi connectivity index (χ3n) is 7.15. The Morgan fingerprint density at radius 3 is 2.29 bits per heavy atom. The molecule has 0 aliphatic carbocycles. The van der Waals surface area contributed by atoms with E-state index in [4.69, 9.17) is 4.74 Å². The Morgan fingerprint density at radius 2 is 1.67 bits per heavy atom. The van der Waals surface area contributed by atoms with Gasteiger partial charge in [-0.1, -0.05) is 24.3 Å². The highest BCUT2D eigenvalue weighted by Crippen LogP contribution is 2.51. The molecule has 4 aromatic rings. The number of hydrogen-bond donors (Lipinski definition) is 1. The molecule has 1 aliphatic rings. The second-order valence-electron chi connectivity index (χ2n) is 10.4. The van der Waals surface area contributed by atoms with E-state index < -0.39 is 56.8 Å². The Balaban J connectivity index is 0.00000480. The summed E-state index contributed by atoms with van der Waals surface area (Å²) in [5.41, 5.74) is -2.34. The summed E-state index contributed by atoms with van der Waals surface area (Å²) in [7, 11) is -1.15. The maximum atomic E-state index is 15.4. The van der Waals surface area contributed by atoms with Crippen molar-refractivity contribution in [2.75, 3.05) is 42.8 Å². The van der Waals surface area contributed by atoms with Gasteiger partial charge in [0.15, 0.2) is 11.6 Å². The number of anilines is 2. The van der Waals surface area contributed by atoms with Crippen molar-refractivity contribution in [3.8, 4) is 22.9 Å². The van der Waals surface area contributed by atoms with Gasteiger partial charge >= 0.3 is 12.1 Å². The van der Waals surface area contributed by atoms with E-state index in [1.165, 1.54) is 49.0 Å². The molecule has 0 bridgehead atoms. The zero-order chi connectivity index (χ0) is 32.7. The quantitative estimate of drug-likeness (QED) is 0.246. The molecule has 10 nitrogen and oxygen atoms in total. The lowest BCUT2D eigenvalue weighted by Gasteiger charge is -2.34. The van der Waals surface area contributed by atoms with Crippen LogP contribution in [0.5, 0.6) is 11.6 Å². The number of aryl methyl sites for hydroxylation is 2. The minimum atomic E-state index is -6.16. The Bertz CT molecular complexity index is 1830. The number of sulfonamides is 1. The fourth-order valence-electron chi connectivity index (χ4n) is 4.67. The first-order valence-electron chi connectivity index (χ1n) is 13.4. The van der Waals surface area contributed by atoms with Gasteiger partial charge in [-0.25, -0.2) is 22.5 Å². The second-order valence-corrected chi connectivity index (χ2v) is 12.1. The molecule has 1 saturated heterocycles. The summed E-state index contributed by atoms with van der Waals surface area (Å²) in [6, 6.07) is 9.12. The van der Waals surface area contributed by atoms with Gasteiger partial charge in [-0.05, 0) is 31.7 Å². The number of alkyl halides is 5. The molecule has 1 aliphatic heterocycles. The van der Waals surface area contributed by atoms with Crippen LogP contribution in [0.3, 0.4) is 0 Å². The van der Waals surface area contributed by atoms with E-state index in [1.54, 1.807) is 0 Å². The van der Waals surface area contributed by atoms with Gasteiger partial charge < -0.3 is 14.5 Å². The molecule has 0 amide bonds. The van der Waals surface area contributed by atoms with E-state index in [0.29, 0.717) is 31.9 Å². The van der Waals surface area contributed by atoms with Crippen molar-refractivity contribution < 1.29 is 40.9 Å². The molecular weight excluding hydrogens is 628 g/mol. The van der Waals surface area contributed by atoms with E-state index in [2.05, 4.69) is 20.0 Å². The highest BCUT2D eigenvalue weighted by molar-refractivity contribution is 7.92. The van der Waals surface area contributed by atoms with E-state index in [0.717, 1.165) is 24.5 Å². The van der Waals surface area contributed by atoms with Crippen molar-refractivity contribution in [2.45, 2.75) is 23.9 Å². The van der Waals surface area contributed by atoms with E-state index in [9.17, 15) is 21.6 Å². The Morgan fingerprint density at radius 1 is 0.978 bits per heavy atom. The lowest BCUT2D eigenvalue weighted by molar-refractivity contribution is -0.289. The number of likely N-dealkylation sites (N-methyl/N-ethyl adjacent to an activating group) is 1. The summed E-state index contributed by atoms with van der Waals surface area (Å²) in [5, 5.41) is 3.77. The molecule has 0 atom stereocenters. The standard InChI is InChI=1S/C28H27F6N7O3S.H2/c1-17-6-4-5-7-20(17)24-23(27(30,31)28(32,33)34)25(37-26(36-24)38-45(42,43)19-15-35-40(3)16-19)44-22-14-18(8-9-21(22)29)41-12-10-39(2)11-13-41;/h4-9,14-16H,10-13H2,1-3H3,(H,36,37,38);1H. The SMILES string of the molecule is Cc1ccccc1-c1nc(NS(=O)(=O)c2cnn(C)c2)nc(Oc2cc(N3CCN(C)CC3)ccc2F)c1C(F)(F)C(F)(F)F.[HH]. The number of piperazine rings is 1. The first kappa shape index (κ1) is 32.0. The average Bonchev–Trinajstić information content (AvgIpc) is 3.41.